The Bertz CT molecular complexity index is 802. The van der Waals surface area contributed by atoms with Gasteiger partial charge in [-0.05, 0) is 31.7 Å². The highest BCUT2D eigenvalue weighted by Crippen LogP contribution is 2.25. The summed E-state index contributed by atoms with van der Waals surface area (Å²) in [5, 5.41) is 5.73. The highest BCUT2D eigenvalue weighted by Gasteiger charge is 2.23. The molecule has 0 bridgehead atoms. The molecule has 2 aromatic rings. The third-order valence-electron chi connectivity index (χ3n) is 4.96. The lowest BCUT2D eigenvalue weighted by molar-refractivity contribution is -0.148. The molecular weight excluding hydrogens is 360 g/mol. The molecule has 1 amide bonds. The average molecular weight is 387 g/mol. The van der Waals surface area contributed by atoms with Crippen LogP contribution in [0, 0.1) is 12.8 Å². The summed E-state index contributed by atoms with van der Waals surface area (Å²) in [5.74, 6) is -0.169. The molecule has 144 valence electrons. The van der Waals surface area contributed by atoms with Crippen LogP contribution in [0.4, 0.5) is 0 Å². The van der Waals surface area contributed by atoms with Crippen molar-refractivity contribution in [2.24, 2.45) is 5.92 Å². The predicted octanol–water partition coefficient (Wildman–Crippen LogP) is 3.90. The zero-order valence-electron chi connectivity index (χ0n) is 15.9. The molecule has 1 aromatic heterocycles. The zero-order valence-corrected chi connectivity index (χ0v) is 16.7. The number of ether oxygens (including phenoxy) is 1. The summed E-state index contributed by atoms with van der Waals surface area (Å²) in [5.41, 5.74) is 2.88. The number of hydrogen-bond donors (Lipinski definition) is 1. The van der Waals surface area contributed by atoms with E-state index in [0.717, 1.165) is 29.8 Å². The van der Waals surface area contributed by atoms with Crippen LogP contribution in [-0.4, -0.2) is 29.5 Å². The summed E-state index contributed by atoms with van der Waals surface area (Å²) in [7, 11) is 0. The van der Waals surface area contributed by atoms with Crippen molar-refractivity contribution in [3.05, 3.63) is 40.9 Å². The lowest BCUT2D eigenvalue weighted by atomic mass is 9.86. The number of thiazole rings is 1. The third-order valence-corrected chi connectivity index (χ3v) is 5.90. The molecule has 1 aliphatic rings. The van der Waals surface area contributed by atoms with Crippen LogP contribution < -0.4 is 5.32 Å². The summed E-state index contributed by atoms with van der Waals surface area (Å²) >= 11 is 1.50. The smallest absolute Gasteiger partial charge is 0.312 e. The third kappa shape index (κ3) is 5.63. The Morgan fingerprint density at radius 3 is 2.89 bits per heavy atom. The van der Waals surface area contributed by atoms with Crippen LogP contribution in [0.2, 0.25) is 0 Å². The van der Waals surface area contributed by atoms with Gasteiger partial charge in [-0.1, -0.05) is 43.5 Å². The van der Waals surface area contributed by atoms with Crippen molar-refractivity contribution >= 4 is 23.2 Å². The average Bonchev–Trinajstić information content (AvgIpc) is 3.10. The SMILES string of the molecule is Cc1cccc(-c2nc(CC(=O)OCC(=O)N[C@H]3CCCC[C@@H]3C)cs2)c1. The van der Waals surface area contributed by atoms with E-state index in [9.17, 15) is 9.59 Å². The van der Waals surface area contributed by atoms with E-state index in [4.69, 9.17) is 4.74 Å². The first-order chi connectivity index (χ1) is 13.0. The lowest BCUT2D eigenvalue weighted by Crippen LogP contribution is -2.42. The molecular formula is C21H26N2O3S. The van der Waals surface area contributed by atoms with Crippen molar-refractivity contribution in [3.8, 4) is 10.6 Å². The van der Waals surface area contributed by atoms with E-state index in [1.807, 2.05) is 30.5 Å². The van der Waals surface area contributed by atoms with Gasteiger partial charge in [0, 0.05) is 17.0 Å². The van der Waals surface area contributed by atoms with Crippen LogP contribution in [0.1, 0.15) is 43.9 Å². The second-order valence-corrected chi connectivity index (χ2v) is 8.14. The molecule has 1 aromatic carbocycles. The minimum Gasteiger partial charge on any atom is -0.455 e. The van der Waals surface area contributed by atoms with Crippen LogP contribution in [-0.2, 0) is 20.7 Å². The monoisotopic (exact) mass is 386 g/mol. The number of aromatic nitrogens is 1. The highest BCUT2D eigenvalue weighted by atomic mass is 32.1. The molecule has 1 aliphatic carbocycles. The second-order valence-electron chi connectivity index (χ2n) is 7.29. The van der Waals surface area contributed by atoms with Crippen LogP contribution in [0.5, 0.6) is 0 Å². The number of hydrogen-bond acceptors (Lipinski definition) is 5. The molecule has 0 saturated heterocycles. The van der Waals surface area contributed by atoms with Gasteiger partial charge in [-0.15, -0.1) is 11.3 Å². The van der Waals surface area contributed by atoms with Gasteiger partial charge >= 0.3 is 5.97 Å². The Morgan fingerprint density at radius 2 is 2.11 bits per heavy atom. The van der Waals surface area contributed by atoms with Crippen molar-refractivity contribution in [2.45, 2.75) is 52.0 Å². The fourth-order valence-corrected chi connectivity index (χ4v) is 4.24. The first-order valence-corrected chi connectivity index (χ1v) is 10.4. The molecule has 1 saturated carbocycles. The Morgan fingerprint density at radius 1 is 1.30 bits per heavy atom. The molecule has 0 aliphatic heterocycles. The van der Waals surface area contributed by atoms with E-state index in [1.54, 1.807) is 0 Å². The van der Waals surface area contributed by atoms with Crippen LogP contribution in [0.3, 0.4) is 0 Å². The molecule has 1 N–H and O–H groups in total. The maximum absolute atomic E-state index is 12.0. The second kappa shape index (κ2) is 9.13. The number of nitrogens with one attached hydrogen (secondary N) is 1. The van der Waals surface area contributed by atoms with Crippen molar-refractivity contribution < 1.29 is 14.3 Å². The Hall–Kier alpha value is -2.21. The number of carbonyl (C=O) groups is 2. The van der Waals surface area contributed by atoms with Crippen molar-refractivity contribution in [1.29, 1.82) is 0 Å². The van der Waals surface area contributed by atoms with Crippen LogP contribution in [0.15, 0.2) is 29.6 Å². The van der Waals surface area contributed by atoms with Gasteiger partial charge in [0.05, 0.1) is 12.1 Å². The molecule has 27 heavy (non-hydrogen) atoms. The van der Waals surface area contributed by atoms with Gasteiger partial charge in [-0.25, -0.2) is 4.98 Å². The van der Waals surface area contributed by atoms with E-state index < -0.39 is 5.97 Å². The molecule has 2 atom stereocenters. The van der Waals surface area contributed by atoms with Crippen molar-refractivity contribution in [3.63, 3.8) is 0 Å². The molecule has 0 radical (unpaired) electrons. The van der Waals surface area contributed by atoms with Crippen LogP contribution in [0.25, 0.3) is 10.6 Å². The van der Waals surface area contributed by atoms with Gasteiger partial charge in [0.2, 0.25) is 0 Å². The summed E-state index contributed by atoms with van der Waals surface area (Å²) in [4.78, 5) is 28.6. The van der Waals surface area contributed by atoms with Gasteiger partial charge in [0.15, 0.2) is 6.61 Å². The van der Waals surface area contributed by atoms with Gasteiger partial charge in [0.25, 0.3) is 5.91 Å². The summed E-state index contributed by atoms with van der Waals surface area (Å²) < 4.78 is 5.13. The van der Waals surface area contributed by atoms with Crippen molar-refractivity contribution in [1.82, 2.24) is 10.3 Å². The zero-order chi connectivity index (χ0) is 19.2. The number of rotatable bonds is 6. The minimum absolute atomic E-state index is 0.0788. The molecule has 5 nitrogen and oxygen atoms in total. The van der Waals surface area contributed by atoms with Crippen molar-refractivity contribution in [2.75, 3.05) is 6.61 Å². The molecule has 1 heterocycles. The first-order valence-electron chi connectivity index (χ1n) is 9.47. The quantitative estimate of drug-likeness (QED) is 0.765. The molecule has 0 unspecified atom stereocenters. The number of benzene rings is 1. The number of nitrogens with zero attached hydrogens (tertiary/aromatic N) is 1. The first kappa shape index (κ1) is 19.5. The lowest BCUT2D eigenvalue weighted by Gasteiger charge is -2.29. The van der Waals surface area contributed by atoms with E-state index >= 15 is 0 Å². The van der Waals surface area contributed by atoms with E-state index in [0.29, 0.717) is 11.6 Å². The number of carbonyl (C=O) groups excluding carboxylic acids is 2. The highest BCUT2D eigenvalue weighted by molar-refractivity contribution is 7.13. The van der Waals surface area contributed by atoms with E-state index in [2.05, 4.69) is 23.3 Å². The largest absolute Gasteiger partial charge is 0.455 e. The molecule has 3 rings (SSSR count). The Kier molecular flexibility index (Phi) is 6.61. The standard InChI is InChI=1S/C21H26N2O3S/c1-14-6-5-8-16(10-14)21-22-17(13-27-21)11-20(25)26-12-19(24)23-18-9-4-3-7-15(18)2/h5-6,8,10,13,15,18H,3-4,7,9,11-12H2,1-2H3,(H,23,24)/t15-,18-/m0/s1. The van der Waals surface area contributed by atoms with Gasteiger partial charge < -0.3 is 10.1 Å². The topological polar surface area (TPSA) is 68.3 Å². The maximum atomic E-state index is 12.0. The number of esters is 1. The predicted molar refractivity (Wildman–Crippen MR) is 107 cm³/mol. The number of amides is 1. The molecule has 1 fully saturated rings. The Balaban J connectivity index is 1.46. The van der Waals surface area contributed by atoms with E-state index in [-0.39, 0.29) is 25.0 Å². The summed E-state index contributed by atoms with van der Waals surface area (Å²) in [6, 6.07) is 8.29. The maximum Gasteiger partial charge on any atom is 0.312 e. The van der Waals surface area contributed by atoms with Gasteiger partial charge in [-0.2, -0.15) is 0 Å². The summed E-state index contributed by atoms with van der Waals surface area (Å²) in [6.45, 7) is 3.97. The van der Waals surface area contributed by atoms with Gasteiger partial charge in [-0.3, -0.25) is 9.59 Å². The Labute approximate surface area is 164 Å². The summed E-state index contributed by atoms with van der Waals surface area (Å²) in [6.07, 6.45) is 4.58. The fourth-order valence-electron chi connectivity index (χ4n) is 3.42. The minimum atomic E-state index is -0.428. The normalized spacial score (nSPS) is 19.5. The van der Waals surface area contributed by atoms with Crippen LogP contribution >= 0.6 is 11.3 Å². The van der Waals surface area contributed by atoms with Gasteiger partial charge in [0.1, 0.15) is 5.01 Å². The fraction of sp³-hybridized carbons (Fsp3) is 0.476. The number of aryl methyl sites for hydroxylation is 1. The van der Waals surface area contributed by atoms with E-state index in [1.165, 1.54) is 23.3 Å². The molecule has 6 heteroatoms. The molecule has 0 spiro atoms.